The van der Waals surface area contributed by atoms with Gasteiger partial charge in [0, 0.05) is 6.04 Å². The molecule has 2 N–H and O–H groups in total. The third-order valence-corrected chi connectivity index (χ3v) is 3.63. The van der Waals surface area contributed by atoms with Crippen molar-refractivity contribution in [3.63, 3.8) is 0 Å². The highest BCUT2D eigenvalue weighted by atomic mass is 19.1. The minimum atomic E-state index is -0.254. The number of oxime groups is 1. The minimum absolute atomic E-state index is 0.254. The molecule has 2 rings (SSSR count). The number of benzene rings is 1. The summed E-state index contributed by atoms with van der Waals surface area (Å²) in [6, 6.07) is 6.71. The van der Waals surface area contributed by atoms with Crippen molar-refractivity contribution in [2.24, 2.45) is 10.9 Å². The number of hydrogen-bond acceptors (Lipinski definition) is 3. The van der Waals surface area contributed by atoms with Crippen LogP contribution in [0.2, 0.25) is 0 Å². The van der Waals surface area contributed by atoms with Crippen molar-refractivity contribution in [3.8, 4) is 0 Å². The number of likely N-dealkylation sites (tertiary alicyclic amines) is 1. The normalized spacial score (nSPS) is 20.9. The molecule has 20 heavy (non-hydrogen) atoms. The van der Waals surface area contributed by atoms with E-state index in [0.717, 1.165) is 12.1 Å². The fourth-order valence-electron chi connectivity index (χ4n) is 2.40. The van der Waals surface area contributed by atoms with Crippen LogP contribution in [-0.4, -0.2) is 29.9 Å². The second kappa shape index (κ2) is 7.24. The van der Waals surface area contributed by atoms with Crippen molar-refractivity contribution in [2.75, 3.05) is 13.1 Å². The SMILES string of the molecule is CC1CCCCN1CC(N)=NOCc1ccc(F)cc1. The van der Waals surface area contributed by atoms with E-state index in [1.807, 2.05) is 0 Å². The molecule has 0 bridgehead atoms. The minimum Gasteiger partial charge on any atom is -0.389 e. The van der Waals surface area contributed by atoms with Crippen LogP contribution in [0.4, 0.5) is 4.39 Å². The molecule has 1 unspecified atom stereocenters. The van der Waals surface area contributed by atoms with Crippen LogP contribution in [0.1, 0.15) is 31.7 Å². The van der Waals surface area contributed by atoms with Gasteiger partial charge in [-0.15, -0.1) is 0 Å². The zero-order chi connectivity index (χ0) is 14.4. The number of piperidine rings is 1. The molecule has 5 heteroatoms. The van der Waals surface area contributed by atoms with Gasteiger partial charge in [0.05, 0.1) is 6.54 Å². The first-order valence-corrected chi connectivity index (χ1v) is 7.08. The first kappa shape index (κ1) is 14.8. The highest BCUT2D eigenvalue weighted by molar-refractivity contribution is 5.81. The standard InChI is InChI=1S/C15H22FN3O/c1-12-4-2-3-9-19(12)10-15(17)18-20-11-13-5-7-14(16)8-6-13/h5-8,12H,2-4,9-11H2,1H3,(H2,17,18). The van der Waals surface area contributed by atoms with Gasteiger partial charge in [-0.3, -0.25) is 4.90 Å². The van der Waals surface area contributed by atoms with Crippen molar-refractivity contribution in [3.05, 3.63) is 35.6 Å². The first-order valence-electron chi connectivity index (χ1n) is 7.08. The van der Waals surface area contributed by atoms with Crippen LogP contribution >= 0.6 is 0 Å². The molecule has 0 spiro atoms. The number of hydrogen-bond donors (Lipinski definition) is 1. The Kier molecular flexibility index (Phi) is 5.35. The molecule has 1 aromatic rings. The molecule has 0 saturated carbocycles. The summed E-state index contributed by atoms with van der Waals surface area (Å²) in [6.45, 7) is 4.22. The molecule has 4 nitrogen and oxygen atoms in total. The summed E-state index contributed by atoms with van der Waals surface area (Å²) in [5.41, 5.74) is 6.75. The molecular weight excluding hydrogens is 257 g/mol. The van der Waals surface area contributed by atoms with Crippen LogP contribution in [0.25, 0.3) is 0 Å². The molecular formula is C15H22FN3O. The van der Waals surface area contributed by atoms with Crippen molar-refractivity contribution in [1.29, 1.82) is 0 Å². The van der Waals surface area contributed by atoms with Gasteiger partial charge in [-0.05, 0) is 44.0 Å². The molecule has 0 aromatic heterocycles. The summed E-state index contributed by atoms with van der Waals surface area (Å²) in [7, 11) is 0. The molecule has 0 radical (unpaired) electrons. The van der Waals surface area contributed by atoms with Crippen LogP contribution in [-0.2, 0) is 11.4 Å². The first-order chi connectivity index (χ1) is 9.65. The Labute approximate surface area is 119 Å². The lowest BCUT2D eigenvalue weighted by atomic mass is 10.0. The summed E-state index contributed by atoms with van der Waals surface area (Å²) in [6.07, 6.45) is 3.72. The van der Waals surface area contributed by atoms with Gasteiger partial charge in [-0.2, -0.15) is 0 Å². The lowest BCUT2D eigenvalue weighted by molar-refractivity contribution is 0.126. The molecule has 1 aliphatic heterocycles. The number of amidine groups is 1. The molecule has 1 heterocycles. The quantitative estimate of drug-likeness (QED) is 0.512. The smallest absolute Gasteiger partial charge is 0.153 e. The fraction of sp³-hybridized carbons (Fsp3) is 0.533. The van der Waals surface area contributed by atoms with E-state index in [1.54, 1.807) is 12.1 Å². The summed E-state index contributed by atoms with van der Waals surface area (Å²) in [5, 5.41) is 3.93. The number of nitrogens with zero attached hydrogens (tertiary/aromatic N) is 2. The Morgan fingerprint density at radius 1 is 1.40 bits per heavy atom. The summed E-state index contributed by atoms with van der Waals surface area (Å²) in [5.74, 6) is 0.233. The molecule has 1 aromatic carbocycles. The van der Waals surface area contributed by atoms with Crippen LogP contribution in [0, 0.1) is 5.82 Å². The highest BCUT2D eigenvalue weighted by Gasteiger charge is 2.18. The fourth-order valence-corrected chi connectivity index (χ4v) is 2.40. The van der Waals surface area contributed by atoms with Gasteiger partial charge < -0.3 is 10.6 Å². The summed E-state index contributed by atoms with van der Waals surface area (Å²) in [4.78, 5) is 7.53. The van der Waals surface area contributed by atoms with E-state index in [1.165, 1.54) is 31.4 Å². The van der Waals surface area contributed by atoms with E-state index in [0.29, 0.717) is 25.0 Å². The van der Waals surface area contributed by atoms with Crippen LogP contribution in [0.5, 0.6) is 0 Å². The predicted octanol–water partition coefficient (Wildman–Crippen LogP) is 2.49. The zero-order valence-electron chi connectivity index (χ0n) is 11.9. The third kappa shape index (κ3) is 4.49. The molecule has 110 valence electrons. The van der Waals surface area contributed by atoms with Gasteiger partial charge in [0.15, 0.2) is 5.84 Å². The third-order valence-electron chi connectivity index (χ3n) is 3.63. The van der Waals surface area contributed by atoms with E-state index in [2.05, 4.69) is 17.0 Å². The van der Waals surface area contributed by atoms with Gasteiger partial charge in [0.1, 0.15) is 12.4 Å². The van der Waals surface area contributed by atoms with E-state index < -0.39 is 0 Å². The van der Waals surface area contributed by atoms with Crippen molar-refractivity contribution in [2.45, 2.75) is 38.8 Å². The average molecular weight is 279 g/mol. The maximum Gasteiger partial charge on any atom is 0.153 e. The Morgan fingerprint density at radius 3 is 2.85 bits per heavy atom. The Hall–Kier alpha value is -1.62. The van der Waals surface area contributed by atoms with Gasteiger partial charge in [0.2, 0.25) is 0 Å². The molecule has 1 aliphatic rings. The second-order valence-corrected chi connectivity index (χ2v) is 5.30. The number of halogens is 1. The molecule has 1 atom stereocenters. The van der Waals surface area contributed by atoms with Gasteiger partial charge in [-0.25, -0.2) is 4.39 Å². The Morgan fingerprint density at radius 2 is 2.15 bits per heavy atom. The largest absolute Gasteiger partial charge is 0.389 e. The summed E-state index contributed by atoms with van der Waals surface area (Å²) >= 11 is 0. The molecule has 0 amide bonds. The molecule has 1 saturated heterocycles. The Bertz CT molecular complexity index is 447. The average Bonchev–Trinajstić information content (AvgIpc) is 2.44. The predicted molar refractivity (Wildman–Crippen MR) is 77.7 cm³/mol. The van der Waals surface area contributed by atoms with Gasteiger partial charge in [0.25, 0.3) is 0 Å². The number of nitrogens with two attached hydrogens (primary N) is 1. The molecule has 0 aliphatic carbocycles. The lowest BCUT2D eigenvalue weighted by Gasteiger charge is -2.32. The van der Waals surface area contributed by atoms with Crippen molar-refractivity contribution in [1.82, 2.24) is 4.90 Å². The second-order valence-electron chi connectivity index (χ2n) is 5.30. The summed E-state index contributed by atoms with van der Waals surface area (Å²) < 4.78 is 12.7. The monoisotopic (exact) mass is 279 g/mol. The maximum atomic E-state index is 12.7. The lowest BCUT2D eigenvalue weighted by Crippen LogP contribution is -2.42. The highest BCUT2D eigenvalue weighted by Crippen LogP contribution is 2.15. The van der Waals surface area contributed by atoms with Crippen molar-refractivity contribution < 1.29 is 9.23 Å². The zero-order valence-corrected chi connectivity index (χ0v) is 11.9. The van der Waals surface area contributed by atoms with E-state index >= 15 is 0 Å². The van der Waals surface area contributed by atoms with Crippen LogP contribution < -0.4 is 5.73 Å². The number of rotatable bonds is 5. The van der Waals surface area contributed by atoms with Gasteiger partial charge >= 0.3 is 0 Å². The van der Waals surface area contributed by atoms with Crippen LogP contribution in [0.3, 0.4) is 0 Å². The maximum absolute atomic E-state index is 12.7. The molecule has 1 fully saturated rings. The van der Waals surface area contributed by atoms with Crippen molar-refractivity contribution >= 4 is 5.84 Å². The topological polar surface area (TPSA) is 50.8 Å². The van der Waals surface area contributed by atoms with E-state index in [-0.39, 0.29) is 5.82 Å². The van der Waals surface area contributed by atoms with E-state index in [9.17, 15) is 4.39 Å². The Balaban J connectivity index is 1.77. The van der Waals surface area contributed by atoms with E-state index in [4.69, 9.17) is 10.6 Å². The van der Waals surface area contributed by atoms with Gasteiger partial charge in [-0.1, -0.05) is 23.7 Å². The van der Waals surface area contributed by atoms with Crippen LogP contribution in [0.15, 0.2) is 29.4 Å².